The van der Waals surface area contributed by atoms with Crippen LogP contribution in [0.5, 0.6) is 0 Å². The molecule has 0 spiro atoms. The molecule has 0 saturated carbocycles. The molecule has 0 bridgehead atoms. The van der Waals surface area contributed by atoms with E-state index in [9.17, 15) is 0 Å². The maximum Gasteiger partial charge on any atom is 0.0513 e. The van der Waals surface area contributed by atoms with Crippen molar-refractivity contribution in [1.82, 2.24) is 4.57 Å². The van der Waals surface area contributed by atoms with Crippen LogP contribution in [0.1, 0.15) is 11.1 Å². The lowest BCUT2D eigenvalue weighted by Crippen LogP contribution is -1.98. The molecular weight excluding hydrogens is 242 g/mol. The summed E-state index contributed by atoms with van der Waals surface area (Å²) in [6, 6.07) is 16.6. The van der Waals surface area contributed by atoms with Gasteiger partial charge in [-0.3, -0.25) is 0 Å². The van der Waals surface area contributed by atoms with Crippen molar-refractivity contribution in [2.45, 2.75) is 13.5 Å². The molecule has 3 rings (SSSR count). The Kier molecular flexibility index (Phi) is 2.85. The van der Waals surface area contributed by atoms with Crippen molar-refractivity contribution >= 4 is 22.5 Å². The van der Waals surface area contributed by atoms with Crippen LogP contribution in [0.2, 0.25) is 5.02 Å². The summed E-state index contributed by atoms with van der Waals surface area (Å²) in [4.78, 5) is 0. The van der Waals surface area contributed by atoms with Crippen molar-refractivity contribution in [3.05, 3.63) is 70.9 Å². The van der Waals surface area contributed by atoms with Crippen LogP contribution in [0.15, 0.2) is 54.7 Å². The Morgan fingerprint density at radius 3 is 2.56 bits per heavy atom. The summed E-state index contributed by atoms with van der Waals surface area (Å²) < 4.78 is 2.29. The zero-order valence-corrected chi connectivity index (χ0v) is 11.0. The molecular formula is C16H14ClN. The minimum atomic E-state index is 0.785. The van der Waals surface area contributed by atoms with Crippen molar-refractivity contribution in [2.24, 2.45) is 0 Å². The summed E-state index contributed by atoms with van der Waals surface area (Å²) in [5.41, 5.74) is 3.89. The lowest BCUT2D eigenvalue weighted by atomic mass is 10.1. The first-order valence-corrected chi connectivity index (χ1v) is 6.41. The van der Waals surface area contributed by atoms with Gasteiger partial charge in [-0.2, -0.15) is 0 Å². The summed E-state index contributed by atoms with van der Waals surface area (Å²) in [7, 11) is 0. The molecule has 0 fully saturated rings. The van der Waals surface area contributed by atoms with Crippen LogP contribution >= 0.6 is 11.6 Å². The van der Waals surface area contributed by atoms with Crippen LogP contribution in [-0.4, -0.2) is 4.57 Å². The van der Waals surface area contributed by atoms with Crippen molar-refractivity contribution in [2.75, 3.05) is 0 Å². The van der Waals surface area contributed by atoms with Crippen LogP contribution in [0.25, 0.3) is 10.9 Å². The third-order valence-corrected chi connectivity index (χ3v) is 3.51. The Morgan fingerprint density at radius 1 is 1.00 bits per heavy atom. The summed E-state index contributed by atoms with van der Waals surface area (Å²) >= 11 is 5.91. The monoisotopic (exact) mass is 255 g/mol. The van der Waals surface area contributed by atoms with Gasteiger partial charge in [-0.15, -0.1) is 0 Å². The lowest BCUT2D eigenvalue weighted by Gasteiger charge is -2.08. The Balaban J connectivity index is 2.02. The van der Waals surface area contributed by atoms with Crippen molar-refractivity contribution in [3.8, 4) is 0 Å². The van der Waals surface area contributed by atoms with Gasteiger partial charge >= 0.3 is 0 Å². The van der Waals surface area contributed by atoms with E-state index in [0.717, 1.165) is 11.6 Å². The molecule has 0 amide bonds. The number of aryl methyl sites for hydroxylation is 1. The number of fused-ring (bicyclic) bond motifs is 1. The molecule has 0 aliphatic carbocycles. The lowest BCUT2D eigenvalue weighted by molar-refractivity contribution is 0.834. The number of nitrogens with zero attached hydrogens (tertiary/aromatic N) is 1. The fraction of sp³-hybridized carbons (Fsp3) is 0.125. The van der Waals surface area contributed by atoms with Gasteiger partial charge in [0.2, 0.25) is 0 Å². The average molecular weight is 256 g/mol. The number of para-hydroxylation sites is 1. The Bertz CT molecular complexity index is 680. The third-order valence-electron chi connectivity index (χ3n) is 3.26. The second kappa shape index (κ2) is 4.51. The number of halogens is 1. The van der Waals surface area contributed by atoms with Gasteiger partial charge in [-0.05, 0) is 41.6 Å². The van der Waals surface area contributed by atoms with E-state index in [1.165, 1.54) is 22.0 Å². The van der Waals surface area contributed by atoms with Gasteiger partial charge in [0, 0.05) is 17.8 Å². The molecule has 0 radical (unpaired) electrons. The van der Waals surface area contributed by atoms with E-state index in [0.29, 0.717) is 0 Å². The highest BCUT2D eigenvalue weighted by molar-refractivity contribution is 6.30. The Labute approximate surface area is 112 Å². The molecule has 0 N–H and O–H groups in total. The molecule has 1 aromatic heterocycles. The fourth-order valence-corrected chi connectivity index (χ4v) is 2.50. The van der Waals surface area contributed by atoms with E-state index in [1.54, 1.807) is 0 Å². The quantitative estimate of drug-likeness (QED) is 0.628. The average Bonchev–Trinajstić information content (AvgIpc) is 2.77. The van der Waals surface area contributed by atoms with Crippen LogP contribution in [0.3, 0.4) is 0 Å². The summed E-state index contributed by atoms with van der Waals surface area (Å²) in [6.45, 7) is 3.03. The molecule has 2 heteroatoms. The SMILES string of the molecule is Cc1cccc2ccn(Cc3ccc(Cl)cc3)c12. The minimum Gasteiger partial charge on any atom is -0.343 e. The molecule has 2 aromatic carbocycles. The molecule has 90 valence electrons. The zero-order chi connectivity index (χ0) is 12.5. The molecule has 3 aromatic rings. The minimum absolute atomic E-state index is 0.785. The van der Waals surface area contributed by atoms with E-state index in [-0.39, 0.29) is 0 Å². The fourth-order valence-electron chi connectivity index (χ4n) is 2.37. The normalized spacial score (nSPS) is 11.0. The second-order valence-electron chi connectivity index (χ2n) is 4.58. The first-order chi connectivity index (χ1) is 8.74. The summed E-state index contributed by atoms with van der Waals surface area (Å²) in [5.74, 6) is 0. The van der Waals surface area contributed by atoms with Crippen LogP contribution in [0, 0.1) is 6.92 Å². The van der Waals surface area contributed by atoms with Gasteiger partial charge in [0.25, 0.3) is 0 Å². The van der Waals surface area contributed by atoms with Crippen molar-refractivity contribution in [1.29, 1.82) is 0 Å². The van der Waals surface area contributed by atoms with Crippen LogP contribution in [0.4, 0.5) is 0 Å². The van der Waals surface area contributed by atoms with Crippen LogP contribution < -0.4 is 0 Å². The van der Waals surface area contributed by atoms with E-state index in [4.69, 9.17) is 11.6 Å². The number of rotatable bonds is 2. The number of aromatic nitrogens is 1. The smallest absolute Gasteiger partial charge is 0.0513 e. The molecule has 1 nitrogen and oxygen atoms in total. The van der Waals surface area contributed by atoms with Gasteiger partial charge in [-0.25, -0.2) is 0 Å². The molecule has 0 aliphatic heterocycles. The molecule has 0 unspecified atom stereocenters. The third kappa shape index (κ3) is 2.02. The van der Waals surface area contributed by atoms with Crippen molar-refractivity contribution < 1.29 is 0 Å². The van der Waals surface area contributed by atoms with E-state index in [2.05, 4.69) is 54.1 Å². The predicted octanol–water partition coefficient (Wildman–Crippen LogP) is 4.65. The highest BCUT2D eigenvalue weighted by Gasteiger charge is 2.04. The van der Waals surface area contributed by atoms with E-state index >= 15 is 0 Å². The van der Waals surface area contributed by atoms with Crippen LogP contribution in [-0.2, 0) is 6.54 Å². The topological polar surface area (TPSA) is 4.93 Å². The van der Waals surface area contributed by atoms with E-state index < -0.39 is 0 Å². The highest BCUT2D eigenvalue weighted by atomic mass is 35.5. The second-order valence-corrected chi connectivity index (χ2v) is 5.02. The van der Waals surface area contributed by atoms with Gasteiger partial charge in [0.15, 0.2) is 0 Å². The molecule has 0 saturated heterocycles. The zero-order valence-electron chi connectivity index (χ0n) is 10.2. The van der Waals surface area contributed by atoms with Gasteiger partial charge in [0.1, 0.15) is 0 Å². The maximum atomic E-state index is 5.91. The molecule has 1 heterocycles. The molecule has 18 heavy (non-hydrogen) atoms. The highest BCUT2D eigenvalue weighted by Crippen LogP contribution is 2.21. The predicted molar refractivity (Wildman–Crippen MR) is 77.2 cm³/mol. The Morgan fingerprint density at radius 2 is 1.78 bits per heavy atom. The summed E-state index contributed by atoms with van der Waals surface area (Å²) in [5, 5.41) is 2.08. The summed E-state index contributed by atoms with van der Waals surface area (Å²) in [6.07, 6.45) is 2.15. The first kappa shape index (κ1) is 11.4. The van der Waals surface area contributed by atoms with Gasteiger partial charge in [0.05, 0.1) is 5.52 Å². The number of hydrogen-bond donors (Lipinski definition) is 0. The van der Waals surface area contributed by atoms with E-state index in [1.807, 2.05) is 12.1 Å². The number of benzene rings is 2. The Hall–Kier alpha value is -1.73. The molecule has 0 aliphatic rings. The standard InChI is InChI=1S/C16H14ClN/c1-12-3-2-4-14-9-10-18(16(12)14)11-13-5-7-15(17)8-6-13/h2-10H,11H2,1H3. The van der Waals surface area contributed by atoms with Gasteiger partial charge in [-0.1, -0.05) is 41.9 Å². The molecule has 0 atom stereocenters. The number of hydrogen-bond acceptors (Lipinski definition) is 0. The van der Waals surface area contributed by atoms with Gasteiger partial charge < -0.3 is 4.57 Å². The maximum absolute atomic E-state index is 5.91. The first-order valence-electron chi connectivity index (χ1n) is 6.03. The van der Waals surface area contributed by atoms with Crippen molar-refractivity contribution in [3.63, 3.8) is 0 Å². The largest absolute Gasteiger partial charge is 0.343 e.